The largest absolute Gasteiger partial charge is 0.497 e. The van der Waals surface area contributed by atoms with Gasteiger partial charge in [0.25, 0.3) is 0 Å². The van der Waals surface area contributed by atoms with Crippen molar-refractivity contribution in [1.29, 1.82) is 0 Å². The van der Waals surface area contributed by atoms with Gasteiger partial charge in [0.15, 0.2) is 0 Å². The zero-order valence-electron chi connectivity index (χ0n) is 14.8. The maximum atomic E-state index is 12.4. The number of hydrogen-bond acceptors (Lipinski definition) is 4. The van der Waals surface area contributed by atoms with E-state index in [0.717, 1.165) is 6.42 Å². The maximum Gasteiger partial charge on any atom is 0.227 e. The molecule has 1 aromatic carbocycles. The summed E-state index contributed by atoms with van der Waals surface area (Å²) < 4.78 is 10.5. The summed E-state index contributed by atoms with van der Waals surface area (Å²) in [6.07, 6.45) is 1.16. The highest BCUT2D eigenvalue weighted by Crippen LogP contribution is 2.35. The Morgan fingerprint density at radius 2 is 2.08 bits per heavy atom. The first-order chi connectivity index (χ1) is 11.5. The van der Waals surface area contributed by atoms with Crippen molar-refractivity contribution < 1.29 is 19.1 Å². The van der Waals surface area contributed by atoms with Crippen LogP contribution in [0.4, 0.5) is 5.69 Å². The zero-order chi connectivity index (χ0) is 17.7. The van der Waals surface area contributed by atoms with Crippen LogP contribution in [0.15, 0.2) is 18.2 Å². The summed E-state index contributed by atoms with van der Waals surface area (Å²) in [6.45, 7) is 5.24. The molecule has 0 unspecified atom stereocenters. The molecule has 24 heavy (non-hydrogen) atoms. The Hall–Kier alpha value is -2.24. The molecule has 0 spiro atoms. The van der Waals surface area contributed by atoms with Gasteiger partial charge in [0.05, 0.1) is 25.8 Å². The Morgan fingerprint density at radius 1 is 1.33 bits per heavy atom. The van der Waals surface area contributed by atoms with Gasteiger partial charge in [-0.15, -0.1) is 0 Å². The summed E-state index contributed by atoms with van der Waals surface area (Å²) in [5.41, 5.74) is 0.667. The van der Waals surface area contributed by atoms with Crippen molar-refractivity contribution >= 4 is 17.5 Å². The molecule has 2 amide bonds. The molecule has 0 radical (unpaired) electrons. The van der Waals surface area contributed by atoms with Gasteiger partial charge in [-0.2, -0.15) is 0 Å². The third-order valence-electron chi connectivity index (χ3n) is 4.19. The number of carbonyl (C=O) groups excluding carboxylic acids is 2. The summed E-state index contributed by atoms with van der Waals surface area (Å²) in [4.78, 5) is 26.2. The molecule has 0 aromatic heterocycles. The van der Waals surface area contributed by atoms with E-state index in [4.69, 9.17) is 9.47 Å². The minimum absolute atomic E-state index is 0.0565. The summed E-state index contributed by atoms with van der Waals surface area (Å²) in [5, 5.41) is 2.93. The van der Waals surface area contributed by atoms with E-state index in [1.807, 2.05) is 0 Å². The van der Waals surface area contributed by atoms with Gasteiger partial charge in [-0.05, 0) is 24.5 Å². The van der Waals surface area contributed by atoms with E-state index in [2.05, 4.69) is 19.2 Å². The molecule has 6 heteroatoms. The van der Waals surface area contributed by atoms with Crippen LogP contribution < -0.4 is 19.7 Å². The van der Waals surface area contributed by atoms with E-state index in [1.54, 1.807) is 37.3 Å². The van der Waals surface area contributed by atoms with E-state index in [-0.39, 0.29) is 24.2 Å². The second-order valence-electron chi connectivity index (χ2n) is 6.42. The lowest BCUT2D eigenvalue weighted by Gasteiger charge is -2.20. The van der Waals surface area contributed by atoms with Crippen molar-refractivity contribution in [3.05, 3.63) is 18.2 Å². The molecule has 2 rings (SSSR count). The molecule has 1 aliphatic rings. The number of benzene rings is 1. The van der Waals surface area contributed by atoms with E-state index >= 15 is 0 Å². The van der Waals surface area contributed by atoms with Gasteiger partial charge in [0.1, 0.15) is 11.5 Å². The van der Waals surface area contributed by atoms with Crippen LogP contribution in [0, 0.1) is 11.8 Å². The predicted octanol–water partition coefficient (Wildman–Crippen LogP) is 2.22. The lowest BCUT2D eigenvalue weighted by molar-refractivity contribution is -0.126. The van der Waals surface area contributed by atoms with Gasteiger partial charge < -0.3 is 19.7 Å². The summed E-state index contributed by atoms with van der Waals surface area (Å²) in [5.74, 6) is 1.31. The average molecular weight is 334 g/mol. The molecule has 6 nitrogen and oxygen atoms in total. The van der Waals surface area contributed by atoms with Gasteiger partial charge in [-0.25, -0.2) is 0 Å². The molecule has 1 aliphatic heterocycles. The van der Waals surface area contributed by atoms with Gasteiger partial charge >= 0.3 is 0 Å². The van der Waals surface area contributed by atoms with Crippen molar-refractivity contribution in [2.24, 2.45) is 11.8 Å². The predicted molar refractivity (Wildman–Crippen MR) is 92.5 cm³/mol. The summed E-state index contributed by atoms with van der Waals surface area (Å²) in [7, 11) is 3.13. The second kappa shape index (κ2) is 8.04. The molecule has 1 heterocycles. The van der Waals surface area contributed by atoms with Crippen molar-refractivity contribution in [3.8, 4) is 11.5 Å². The molecule has 1 atom stereocenters. The first-order valence-electron chi connectivity index (χ1n) is 8.26. The molecule has 0 saturated carbocycles. The standard InChI is InChI=1S/C18H26N2O4/c1-12(2)7-8-19-18(22)13-9-17(21)20(11-13)15-6-5-14(23-3)10-16(15)24-4/h5-6,10,12-13H,7-9,11H2,1-4H3,(H,19,22)/t13-/m0/s1. The number of nitrogens with one attached hydrogen (secondary N) is 1. The number of anilines is 1. The summed E-state index contributed by atoms with van der Waals surface area (Å²) in [6, 6.07) is 5.30. The minimum atomic E-state index is -0.323. The monoisotopic (exact) mass is 334 g/mol. The number of hydrogen-bond donors (Lipinski definition) is 1. The molecular formula is C18H26N2O4. The number of carbonyl (C=O) groups is 2. The molecule has 0 aliphatic carbocycles. The van der Waals surface area contributed by atoms with Crippen molar-refractivity contribution in [2.45, 2.75) is 26.7 Å². The van der Waals surface area contributed by atoms with Crippen LogP contribution >= 0.6 is 0 Å². The first kappa shape index (κ1) is 18.1. The molecule has 1 fully saturated rings. The Kier molecular flexibility index (Phi) is 6.06. The van der Waals surface area contributed by atoms with Crippen LogP contribution in [0.3, 0.4) is 0 Å². The van der Waals surface area contributed by atoms with Gasteiger partial charge in [0, 0.05) is 25.6 Å². The molecule has 1 N–H and O–H groups in total. The van der Waals surface area contributed by atoms with Gasteiger partial charge in [-0.3, -0.25) is 9.59 Å². The SMILES string of the molecule is COc1ccc(N2C[C@@H](C(=O)NCCC(C)C)CC2=O)c(OC)c1. The normalized spacial score (nSPS) is 17.3. The number of rotatable bonds is 7. The topological polar surface area (TPSA) is 67.9 Å². The fourth-order valence-electron chi connectivity index (χ4n) is 2.75. The highest BCUT2D eigenvalue weighted by Gasteiger charge is 2.36. The van der Waals surface area contributed by atoms with Crippen LogP contribution in [-0.4, -0.2) is 39.1 Å². The number of ether oxygens (including phenoxy) is 2. The smallest absolute Gasteiger partial charge is 0.227 e. The fraction of sp³-hybridized carbons (Fsp3) is 0.556. The van der Waals surface area contributed by atoms with E-state index in [9.17, 15) is 9.59 Å². The number of methoxy groups -OCH3 is 2. The van der Waals surface area contributed by atoms with Gasteiger partial charge in [-0.1, -0.05) is 13.8 Å². The zero-order valence-corrected chi connectivity index (χ0v) is 14.8. The van der Waals surface area contributed by atoms with E-state index < -0.39 is 0 Å². The van der Waals surface area contributed by atoms with Crippen molar-refractivity contribution in [3.63, 3.8) is 0 Å². The molecular weight excluding hydrogens is 308 g/mol. The Bertz CT molecular complexity index is 601. The first-order valence-corrected chi connectivity index (χ1v) is 8.26. The molecule has 1 aromatic rings. The van der Waals surface area contributed by atoms with Crippen molar-refractivity contribution in [1.82, 2.24) is 5.32 Å². The van der Waals surface area contributed by atoms with Crippen LogP contribution in [0.1, 0.15) is 26.7 Å². The minimum Gasteiger partial charge on any atom is -0.497 e. The third kappa shape index (κ3) is 4.19. The molecule has 132 valence electrons. The highest BCUT2D eigenvalue weighted by molar-refractivity contribution is 6.01. The summed E-state index contributed by atoms with van der Waals surface area (Å²) >= 11 is 0. The molecule has 1 saturated heterocycles. The number of amides is 2. The Morgan fingerprint density at radius 3 is 2.71 bits per heavy atom. The van der Waals surface area contributed by atoms with Crippen LogP contribution in [0.2, 0.25) is 0 Å². The highest BCUT2D eigenvalue weighted by atomic mass is 16.5. The third-order valence-corrected chi connectivity index (χ3v) is 4.19. The Balaban J connectivity index is 2.06. The van der Waals surface area contributed by atoms with E-state index in [0.29, 0.717) is 36.2 Å². The lowest BCUT2D eigenvalue weighted by Crippen LogP contribution is -2.34. The second-order valence-corrected chi connectivity index (χ2v) is 6.42. The van der Waals surface area contributed by atoms with E-state index in [1.165, 1.54) is 0 Å². The van der Waals surface area contributed by atoms with Crippen LogP contribution in [0.25, 0.3) is 0 Å². The lowest BCUT2D eigenvalue weighted by atomic mass is 10.1. The fourth-order valence-corrected chi connectivity index (χ4v) is 2.75. The maximum absolute atomic E-state index is 12.4. The van der Waals surface area contributed by atoms with Gasteiger partial charge in [0.2, 0.25) is 11.8 Å². The van der Waals surface area contributed by atoms with Crippen LogP contribution in [-0.2, 0) is 9.59 Å². The number of nitrogens with zero attached hydrogens (tertiary/aromatic N) is 1. The Labute approximate surface area is 143 Å². The van der Waals surface area contributed by atoms with Crippen molar-refractivity contribution in [2.75, 3.05) is 32.2 Å². The molecule has 0 bridgehead atoms. The quantitative estimate of drug-likeness (QED) is 0.830. The van der Waals surface area contributed by atoms with Crippen LogP contribution in [0.5, 0.6) is 11.5 Å². The average Bonchev–Trinajstić information content (AvgIpc) is 2.95.